The molecular weight excluding hydrogens is 302 g/mol. The van der Waals surface area contributed by atoms with Crippen LogP contribution in [-0.2, 0) is 13.8 Å². The van der Waals surface area contributed by atoms with E-state index in [1.54, 1.807) is 17.0 Å². The van der Waals surface area contributed by atoms with E-state index in [1.165, 1.54) is 0 Å². The molecule has 1 atom stereocenters. The van der Waals surface area contributed by atoms with Crippen molar-refractivity contribution >= 4 is 31.3 Å². The number of nitrogens with zero attached hydrogens (tertiary/aromatic N) is 1. The molecule has 110 valence electrons. The fourth-order valence-corrected chi connectivity index (χ4v) is 3.69. The average Bonchev–Trinajstić information content (AvgIpc) is 2.69. The van der Waals surface area contributed by atoms with E-state index in [2.05, 4.69) is 0 Å². The van der Waals surface area contributed by atoms with Gasteiger partial charge >= 0.3 is 0 Å². The van der Waals surface area contributed by atoms with Crippen LogP contribution in [0.15, 0.2) is 24.3 Å². The van der Waals surface area contributed by atoms with Crippen molar-refractivity contribution in [2.24, 2.45) is 5.92 Å². The second-order valence-corrected chi connectivity index (χ2v) is 7.50. The zero-order valence-corrected chi connectivity index (χ0v) is 12.7. The predicted molar refractivity (Wildman–Crippen MR) is 77.7 cm³/mol. The molecule has 1 aliphatic heterocycles. The van der Waals surface area contributed by atoms with Crippen LogP contribution in [0.1, 0.15) is 13.3 Å². The lowest BCUT2D eigenvalue weighted by atomic mass is 10.1. The van der Waals surface area contributed by atoms with Crippen LogP contribution in [0.2, 0.25) is 0 Å². The minimum absolute atomic E-state index is 0.109. The highest BCUT2D eigenvalue weighted by atomic mass is 35.7. The Morgan fingerprint density at radius 3 is 2.75 bits per heavy atom. The van der Waals surface area contributed by atoms with E-state index in [1.807, 2.05) is 19.1 Å². The molecule has 1 aromatic rings. The number of hydrogen-bond donors (Lipinski definition) is 0. The lowest BCUT2D eigenvalue weighted by Crippen LogP contribution is -2.25. The van der Waals surface area contributed by atoms with Gasteiger partial charge in [0, 0.05) is 29.6 Å². The molecule has 1 saturated heterocycles. The summed E-state index contributed by atoms with van der Waals surface area (Å²) < 4.78 is 27.7. The maximum absolute atomic E-state index is 12.1. The molecule has 0 aliphatic carbocycles. The number of hydrogen-bond acceptors (Lipinski definition) is 4. The third kappa shape index (κ3) is 3.64. The number of anilines is 1. The number of halogens is 1. The highest BCUT2D eigenvalue weighted by Crippen LogP contribution is 2.33. The molecule has 1 aromatic carbocycles. The van der Waals surface area contributed by atoms with Gasteiger partial charge in [0.25, 0.3) is 0 Å². The number of amides is 1. The first-order chi connectivity index (χ1) is 9.40. The van der Waals surface area contributed by atoms with Crippen LogP contribution in [0.4, 0.5) is 5.69 Å². The van der Waals surface area contributed by atoms with Gasteiger partial charge in [-0.05, 0) is 19.1 Å². The van der Waals surface area contributed by atoms with Crippen molar-refractivity contribution < 1.29 is 17.9 Å². The molecule has 1 aliphatic rings. The normalized spacial score (nSPS) is 19.4. The summed E-state index contributed by atoms with van der Waals surface area (Å²) in [4.78, 5) is 13.6. The number of para-hydroxylation sites is 2. The van der Waals surface area contributed by atoms with Gasteiger partial charge in [0.15, 0.2) is 0 Å². The zero-order chi connectivity index (χ0) is 14.8. The minimum Gasteiger partial charge on any atom is -0.492 e. The molecule has 0 radical (unpaired) electrons. The van der Waals surface area contributed by atoms with Crippen molar-refractivity contribution in [1.82, 2.24) is 0 Å². The molecule has 1 unspecified atom stereocenters. The Morgan fingerprint density at radius 1 is 1.40 bits per heavy atom. The van der Waals surface area contributed by atoms with Gasteiger partial charge < -0.3 is 9.64 Å². The maximum atomic E-state index is 12.1. The van der Waals surface area contributed by atoms with Crippen molar-refractivity contribution in [2.45, 2.75) is 13.3 Å². The van der Waals surface area contributed by atoms with Gasteiger partial charge in [0.2, 0.25) is 15.0 Å². The maximum Gasteiger partial charge on any atom is 0.232 e. The third-order valence-corrected chi connectivity index (χ3v) is 4.34. The van der Waals surface area contributed by atoms with Gasteiger partial charge in [0.05, 0.1) is 18.0 Å². The Bertz CT molecular complexity index is 602. The second-order valence-electron chi connectivity index (χ2n) is 4.68. The zero-order valence-electron chi connectivity index (χ0n) is 11.1. The van der Waals surface area contributed by atoms with Crippen molar-refractivity contribution in [3.8, 4) is 5.75 Å². The molecule has 1 heterocycles. The van der Waals surface area contributed by atoms with E-state index >= 15 is 0 Å². The number of benzene rings is 1. The largest absolute Gasteiger partial charge is 0.492 e. The molecule has 0 aromatic heterocycles. The molecule has 0 spiro atoms. The lowest BCUT2D eigenvalue weighted by Gasteiger charge is -2.20. The van der Waals surface area contributed by atoms with E-state index in [0.29, 0.717) is 24.6 Å². The molecular formula is C13H16ClNO4S. The standard InChI is InChI=1S/C13H16ClNO4S/c1-2-19-12-6-4-3-5-11(12)15-8-10(7-13(15)16)9-20(14,17)18/h3-6,10H,2,7-9H2,1H3. The van der Waals surface area contributed by atoms with Crippen LogP contribution in [0.3, 0.4) is 0 Å². The summed E-state index contributed by atoms with van der Waals surface area (Å²) in [6.07, 6.45) is 0.187. The minimum atomic E-state index is -3.59. The van der Waals surface area contributed by atoms with Crippen LogP contribution < -0.4 is 9.64 Å². The molecule has 5 nitrogen and oxygen atoms in total. The van der Waals surface area contributed by atoms with Gasteiger partial charge in [-0.2, -0.15) is 0 Å². The van der Waals surface area contributed by atoms with Crippen molar-refractivity contribution in [3.63, 3.8) is 0 Å². The number of carbonyl (C=O) groups is 1. The van der Waals surface area contributed by atoms with E-state index in [-0.39, 0.29) is 24.0 Å². The van der Waals surface area contributed by atoms with Gasteiger partial charge in [-0.15, -0.1) is 0 Å². The lowest BCUT2D eigenvalue weighted by molar-refractivity contribution is -0.117. The molecule has 0 saturated carbocycles. The number of carbonyl (C=O) groups excluding carboxylic acids is 1. The summed E-state index contributed by atoms with van der Waals surface area (Å²) in [5, 5.41) is 0. The van der Waals surface area contributed by atoms with E-state index < -0.39 is 9.05 Å². The third-order valence-electron chi connectivity index (χ3n) is 3.10. The van der Waals surface area contributed by atoms with Crippen molar-refractivity contribution in [1.29, 1.82) is 0 Å². The van der Waals surface area contributed by atoms with E-state index in [4.69, 9.17) is 15.4 Å². The molecule has 1 fully saturated rings. The van der Waals surface area contributed by atoms with E-state index in [9.17, 15) is 13.2 Å². The summed E-state index contributed by atoms with van der Waals surface area (Å²) in [7, 11) is 1.66. The Balaban J connectivity index is 2.20. The highest BCUT2D eigenvalue weighted by molar-refractivity contribution is 8.13. The average molecular weight is 318 g/mol. The number of rotatable bonds is 5. The van der Waals surface area contributed by atoms with Gasteiger partial charge in [0.1, 0.15) is 5.75 Å². The Morgan fingerprint density at radius 2 is 2.10 bits per heavy atom. The quantitative estimate of drug-likeness (QED) is 0.779. The first-order valence-corrected chi connectivity index (χ1v) is 8.83. The Hall–Kier alpha value is -1.27. The topological polar surface area (TPSA) is 63.7 Å². The first kappa shape index (κ1) is 15.1. The molecule has 0 bridgehead atoms. The monoisotopic (exact) mass is 317 g/mol. The molecule has 1 amide bonds. The van der Waals surface area contributed by atoms with E-state index in [0.717, 1.165) is 0 Å². The summed E-state index contributed by atoms with van der Waals surface area (Å²) in [5.41, 5.74) is 0.675. The van der Waals surface area contributed by atoms with Crippen LogP contribution in [-0.4, -0.2) is 33.2 Å². The molecule has 2 rings (SSSR count). The Labute approximate surface area is 122 Å². The molecule has 0 N–H and O–H groups in total. The summed E-state index contributed by atoms with van der Waals surface area (Å²) in [6.45, 7) is 2.71. The number of ether oxygens (including phenoxy) is 1. The summed E-state index contributed by atoms with van der Waals surface area (Å²) in [5.74, 6) is 0.0491. The van der Waals surface area contributed by atoms with Gasteiger partial charge in [-0.3, -0.25) is 4.79 Å². The van der Waals surface area contributed by atoms with Crippen molar-refractivity contribution in [3.05, 3.63) is 24.3 Å². The fraction of sp³-hybridized carbons (Fsp3) is 0.462. The van der Waals surface area contributed by atoms with Gasteiger partial charge in [-0.25, -0.2) is 8.42 Å². The van der Waals surface area contributed by atoms with Crippen LogP contribution in [0.5, 0.6) is 5.75 Å². The van der Waals surface area contributed by atoms with Crippen LogP contribution in [0.25, 0.3) is 0 Å². The molecule has 20 heavy (non-hydrogen) atoms. The summed E-state index contributed by atoms with van der Waals surface area (Å²) in [6, 6.07) is 7.23. The van der Waals surface area contributed by atoms with Crippen molar-refractivity contribution in [2.75, 3.05) is 23.8 Å². The second kappa shape index (κ2) is 6.01. The van der Waals surface area contributed by atoms with Crippen LogP contribution >= 0.6 is 10.7 Å². The molecule has 7 heteroatoms. The Kier molecular flexibility index (Phi) is 4.55. The summed E-state index contributed by atoms with van der Waals surface area (Å²) >= 11 is 0. The predicted octanol–water partition coefficient (Wildman–Crippen LogP) is 2.01. The first-order valence-electron chi connectivity index (χ1n) is 6.35. The highest BCUT2D eigenvalue weighted by Gasteiger charge is 2.34. The smallest absolute Gasteiger partial charge is 0.232 e. The van der Waals surface area contributed by atoms with Gasteiger partial charge in [-0.1, -0.05) is 12.1 Å². The SMILES string of the molecule is CCOc1ccccc1N1CC(CS(=O)(=O)Cl)CC1=O. The fourth-order valence-electron chi connectivity index (χ4n) is 2.37. The van der Waals surface area contributed by atoms with Crippen LogP contribution in [0, 0.1) is 5.92 Å².